The second-order valence-electron chi connectivity index (χ2n) is 3.87. The smallest absolute Gasteiger partial charge is 0.0608 e. The van der Waals surface area contributed by atoms with E-state index in [0.29, 0.717) is 0 Å². The molecule has 4 heteroatoms. The molecule has 0 aliphatic carbocycles. The number of thioether (sulfide) groups is 1. The lowest BCUT2D eigenvalue weighted by molar-refractivity contribution is 0.198. The monoisotopic (exact) mass is 221 g/mol. The molecule has 0 aromatic carbocycles. The van der Waals surface area contributed by atoms with Gasteiger partial charge in [-0.2, -0.15) is 11.8 Å². The Morgan fingerprint density at radius 3 is 2.64 bits per heavy atom. The molecule has 0 amide bonds. The Labute approximate surface area is 91.4 Å². The average molecular weight is 221 g/mol. The Hall–Kier alpha value is 0.230. The van der Waals surface area contributed by atoms with E-state index in [9.17, 15) is 0 Å². The van der Waals surface area contributed by atoms with Crippen LogP contribution < -0.4 is 5.73 Å². The van der Waals surface area contributed by atoms with Crippen molar-refractivity contribution in [3.05, 3.63) is 0 Å². The van der Waals surface area contributed by atoms with E-state index in [-0.39, 0.29) is 6.61 Å². The molecule has 0 aromatic heterocycles. The van der Waals surface area contributed by atoms with E-state index < -0.39 is 5.54 Å². The standard InChI is InChI=1S/C10H23NO2S/c1-10(11,9-12)5-3-4-7-14-8-6-13-2/h12H,3-9,11H2,1-2H3. The first-order valence-electron chi connectivity index (χ1n) is 5.09. The summed E-state index contributed by atoms with van der Waals surface area (Å²) in [5.41, 5.74) is 5.41. The number of hydrogen-bond acceptors (Lipinski definition) is 4. The molecule has 0 saturated carbocycles. The van der Waals surface area contributed by atoms with Gasteiger partial charge in [0.05, 0.1) is 13.2 Å². The molecule has 1 unspecified atom stereocenters. The molecule has 86 valence electrons. The van der Waals surface area contributed by atoms with Crippen LogP contribution in [0.5, 0.6) is 0 Å². The predicted molar refractivity (Wildman–Crippen MR) is 62.7 cm³/mol. The number of aliphatic hydroxyl groups excluding tert-OH is 1. The van der Waals surface area contributed by atoms with Crippen LogP contribution in [0.4, 0.5) is 0 Å². The van der Waals surface area contributed by atoms with Crippen molar-refractivity contribution in [3.8, 4) is 0 Å². The summed E-state index contributed by atoms with van der Waals surface area (Å²) in [5.74, 6) is 2.22. The SMILES string of the molecule is COCCSCCCCC(C)(N)CO. The fourth-order valence-electron chi connectivity index (χ4n) is 1.06. The summed E-state index contributed by atoms with van der Waals surface area (Å²) in [6.07, 6.45) is 3.16. The number of aliphatic hydroxyl groups is 1. The third kappa shape index (κ3) is 8.81. The van der Waals surface area contributed by atoms with Gasteiger partial charge < -0.3 is 15.6 Å². The molecule has 3 nitrogen and oxygen atoms in total. The first kappa shape index (κ1) is 14.2. The maximum absolute atomic E-state index is 8.92. The van der Waals surface area contributed by atoms with E-state index in [2.05, 4.69) is 0 Å². The van der Waals surface area contributed by atoms with Crippen LogP contribution in [0.15, 0.2) is 0 Å². The van der Waals surface area contributed by atoms with Gasteiger partial charge >= 0.3 is 0 Å². The van der Waals surface area contributed by atoms with E-state index >= 15 is 0 Å². The zero-order valence-corrected chi connectivity index (χ0v) is 10.1. The van der Waals surface area contributed by atoms with Crippen LogP contribution in [-0.2, 0) is 4.74 Å². The van der Waals surface area contributed by atoms with Gasteiger partial charge in [-0.15, -0.1) is 0 Å². The molecule has 0 aromatic rings. The lowest BCUT2D eigenvalue weighted by atomic mass is 9.98. The van der Waals surface area contributed by atoms with Gasteiger partial charge in [0.25, 0.3) is 0 Å². The van der Waals surface area contributed by atoms with Gasteiger partial charge in [0.15, 0.2) is 0 Å². The van der Waals surface area contributed by atoms with Crippen molar-refractivity contribution in [3.63, 3.8) is 0 Å². The predicted octanol–water partition coefficient (Wildman–Crippen LogP) is 1.25. The number of rotatable bonds is 9. The lowest BCUT2D eigenvalue weighted by Crippen LogP contribution is -2.39. The van der Waals surface area contributed by atoms with Crippen molar-refractivity contribution in [2.75, 3.05) is 31.8 Å². The minimum Gasteiger partial charge on any atom is -0.394 e. The van der Waals surface area contributed by atoms with Gasteiger partial charge in [-0.25, -0.2) is 0 Å². The maximum atomic E-state index is 8.92. The van der Waals surface area contributed by atoms with Crippen LogP contribution in [0.2, 0.25) is 0 Å². The molecule has 1 atom stereocenters. The van der Waals surface area contributed by atoms with Crippen LogP contribution >= 0.6 is 11.8 Å². The molecule has 3 N–H and O–H groups in total. The molecule has 0 saturated heterocycles. The first-order valence-corrected chi connectivity index (χ1v) is 6.24. The minimum absolute atomic E-state index is 0.0732. The van der Waals surface area contributed by atoms with Gasteiger partial charge in [0, 0.05) is 18.4 Å². The number of methoxy groups -OCH3 is 1. The molecule has 0 bridgehead atoms. The minimum atomic E-state index is -0.392. The van der Waals surface area contributed by atoms with Crippen molar-refractivity contribution in [1.82, 2.24) is 0 Å². The summed E-state index contributed by atoms with van der Waals surface area (Å²) in [6.45, 7) is 2.80. The molecule has 0 spiro atoms. The molecule has 0 aliphatic rings. The summed E-state index contributed by atoms with van der Waals surface area (Å²) >= 11 is 1.91. The Kier molecular flexibility index (Phi) is 8.67. The van der Waals surface area contributed by atoms with Gasteiger partial charge in [-0.1, -0.05) is 6.42 Å². The number of unbranched alkanes of at least 4 members (excludes halogenated alkanes) is 1. The van der Waals surface area contributed by atoms with Crippen molar-refractivity contribution in [1.29, 1.82) is 0 Å². The molecule has 14 heavy (non-hydrogen) atoms. The van der Waals surface area contributed by atoms with E-state index in [1.807, 2.05) is 18.7 Å². The molecule has 0 rings (SSSR count). The van der Waals surface area contributed by atoms with Crippen molar-refractivity contribution < 1.29 is 9.84 Å². The third-order valence-electron chi connectivity index (χ3n) is 2.08. The van der Waals surface area contributed by atoms with Gasteiger partial charge in [0.2, 0.25) is 0 Å². The normalized spacial score (nSPS) is 15.4. The molecule has 0 fully saturated rings. The highest BCUT2D eigenvalue weighted by Gasteiger charge is 2.15. The maximum Gasteiger partial charge on any atom is 0.0608 e. The summed E-state index contributed by atoms with van der Waals surface area (Å²) in [7, 11) is 1.72. The summed E-state index contributed by atoms with van der Waals surface area (Å²) in [5, 5.41) is 8.92. The van der Waals surface area contributed by atoms with Crippen LogP contribution in [-0.4, -0.2) is 42.5 Å². The molecule has 0 heterocycles. The molecular formula is C10H23NO2S. The zero-order valence-electron chi connectivity index (χ0n) is 9.29. The Bertz CT molecular complexity index is 131. The fraction of sp³-hybridized carbons (Fsp3) is 1.00. The van der Waals surface area contributed by atoms with Crippen LogP contribution in [0.3, 0.4) is 0 Å². The third-order valence-corrected chi connectivity index (χ3v) is 3.11. The lowest BCUT2D eigenvalue weighted by Gasteiger charge is -2.21. The van der Waals surface area contributed by atoms with Crippen LogP contribution in [0.25, 0.3) is 0 Å². The average Bonchev–Trinajstić information content (AvgIpc) is 2.16. The molecule has 0 radical (unpaired) electrons. The summed E-state index contributed by atoms with van der Waals surface area (Å²) in [6, 6.07) is 0. The fourth-order valence-corrected chi connectivity index (χ4v) is 1.95. The Morgan fingerprint density at radius 2 is 2.07 bits per heavy atom. The van der Waals surface area contributed by atoms with E-state index in [0.717, 1.165) is 31.0 Å². The highest BCUT2D eigenvalue weighted by atomic mass is 32.2. The van der Waals surface area contributed by atoms with Crippen molar-refractivity contribution in [2.45, 2.75) is 31.7 Å². The quantitative estimate of drug-likeness (QED) is 0.575. The molecule has 0 aliphatic heterocycles. The Morgan fingerprint density at radius 1 is 1.36 bits per heavy atom. The topological polar surface area (TPSA) is 55.5 Å². The van der Waals surface area contributed by atoms with Crippen LogP contribution in [0.1, 0.15) is 26.2 Å². The Balaban J connectivity index is 3.13. The highest BCUT2D eigenvalue weighted by molar-refractivity contribution is 7.99. The van der Waals surface area contributed by atoms with Crippen molar-refractivity contribution >= 4 is 11.8 Å². The number of nitrogens with two attached hydrogens (primary N) is 1. The molecular weight excluding hydrogens is 198 g/mol. The summed E-state index contributed by atoms with van der Waals surface area (Å²) < 4.78 is 4.95. The highest BCUT2D eigenvalue weighted by Crippen LogP contribution is 2.12. The largest absolute Gasteiger partial charge is 0.394 e. The van der Waals surface area contributed by atoms with Crippen LogP contribution in [0, 0.1) is 0 Å². The zero-order chi connectivity index (χ0) is 10.9. The first-order chi connectivity index (χ1) is 6.62. The van der Waals surface area contributed by atoms with Gasteiger partial charge in [0.1, 0.15) is 0 Å². The second-order valence-corrected chi connectivity index (χ2v) is 5.10. The second kappa shape index (κ2) is 8.53. The van der Waals surface area contributed by atoms with E-state index in [1.165, 1.54) is 6.42 Å². The number of ether oxygens (including phenoxy) is 1. The van der Waals surface area contributed by atoms with Gasteiger partial charge in [-0.05, 0) is 25.5 Å². The van der Waals surface area contributed by atoms with Crippen molar-refractivity contribution in [2.24, 2.45) is 5.73 Å². The number of hydrogen-bond donors (Lipinski definition) is 2. The van der Waals surface area contributed by atoms with E-state index in [1.54, 1.807) is 7.11 Å². The van der Waals surface area contributed by atoms with Gasteiger partial charge in [-0.3, -0.25) is 0 Å². The summed E-state index contributed by atoms with van der Waals surface area (Å²) in [4.78, 5) is 0. The van der Waals surface area contributed by atoms with E-state index in [4.69, 9.17) is 15.6 Å².